The molecule has 0 heterocycles. The van der Waals surface area contributed by atoms with Gasteiger partial charge in [-0.2, -0.15) is 0 Å². The van der Waals surface area contributed by atoms with Gasteiger partial charge in [0.25, 0.3) is 6.71 Å². The van der Waals surface area contributed by atoms with E-state index in [1.54, 1.807) is 0 Å². The average Bonchev–Trinajstić information content (AvgIpc) is 2.91. The first-order chi connectivity index (χ1) is 18.1. The van der Waals surface area contributed by atoms with Gasteiger partial charge in [-0.25, -0.2) is 65.9 Å². The second-order valence-corrected chi connectivity index (χ2v) is 7.79. The summed E-state index contributed by atoms with van der Waals surface area (Å²) in [5, 5.41) is 0. The molecule has 0 saturated carbocycles. The van der Waals surface area contributed by atoms with Gasteiger partial charge in [0.05, 0.1) is 0 Å². The highest BCUT2D eigenvalue weighted by Gasteiger charge is 2.44. The molecule has 39 heavy (non-hydrogen) atoms. The molecular formula is C23H8BF15. The largest absolute Gasteiger partial charge is 0.257 e. The second-order valence-electron chi connectivity index (χ2n) is 7.79. The molecule has 0 aromatic heterocycles. The summed E-state index contributed by atoms with van der Waals surface area (Å²) in [5.41, 5.74) is -8.80. The van der Waals surface area contributed by atoms with Crippen molar-refractivity contribution in [2.24, 2.45) is 0 Å². The van der Waals surface area contributed by atoms with Crippen molar-refractivity contribution in [2.45, 2.75) is 19.8 Å². The zero-order chi connectivity index (χ0) is 29.7. The monoisotopic (exact) mass is 580 g/mol. The van der Waals surface area contributed by atoms with Crippen LogP contribution in [-0.2, 0) is 0 Å². The Hall–Kier alpha value is -3.59. The van der Waals surface area contributed by atoms with Crippen LogP contribution in [0.3, 0.4) is 0 Å². The van der Waals surface area contributed by atoms with E-state index in [1.807, 2.05) is 0 Å². The predicted molar refractivity (Wildman–Crippen MR) is 107 cm³/mol. The second kappa shape index (κ2) is 10.9. The summed E-state index contributed by atoms with van der Waals surface area (Å²) in [6.45, 7) is -2.27. The van der Waals surface area contributed by atoms with E-state index in [0.29, 0.717) is 6.08 Å². The topological polar surface area (TPSA) is 0 Å². The zero-order valence-electron chi connectivity index (χ0n) is 18.7. The summed E-state index contributed by atoms with van der Waals surface area (Å²) in [6, 6.07) is 0. The van der Waals surface area contributed by atoms with Gasteiger partial charge in [0.1, 0.15) is 0 Å². The molecule has 3 aromatic rings. The van der Waals surface area contributed by atoms with Gasteiger partial charge in [0.15, 0.2) is 81.4 Å². The van der Waals surface area contributed by atoms with E-state index in [0.717, 1.165) is 0 Å². The molecule has 0 amide bonds. The highest BCUT2D eigenvalue weighted by molar-refractivity contribution is 6.99. The smallest absolute Gasteiger partial charge is 0.204 e. The molecule has 0 N–H and O–H groups in total. The molecular weight excluding hydrogens is 572 g/mol. The van der Waals surface area contributed by atoms with E-state index < -0.39 is 122 Å². The van der Waals surface area contributed by atoms with Crippen molar-refractivity contribution in [3.05, 3.63) is 98.9 Å². The minimum atomic E-state index is -3.54. The maximum absolute atomic E-state index is 14.9. The molecule has 208 valence electrons. The van der Waals surface area contributed by atoms with Gasteiger partial charge >= 0.3 is 0 Å². The fourth-order valence-corrected chi connectivity index (χ4v) is 3.73. The van der Waals surface area contributed by atoms with E-state index in [-0.39, 0.29) is 6.42 Å². The van der Waals surface area contributed by atoms with Crippen molar-refractivity contribution >= 4 is 23.1 Å². The number of benzene rings is 3. The van der Waals surface area contributed by atoms with Crippen LogP contribution < -0.4 is 10.9 Å². The lowest BCUT2D eigenvalue weighted by Crippen LogP contribution is -2.52. The molecule has 0 saturated heterocycles. The van der Waals surface area contributed by atoms with Crippen molar-refractivity contribution < 1.29 is 65.9 Å². The van der Waals surface area contributed by atoms with Crippen LogP contribution in [0.4, 0.5) is 65.9 Å². The first-order valence-corrected chi connectivity index (χ1v) is 10.4. The molecule has 0 spiro atoms. The molecule has 0 atom stereocenters. The summed E-state index contributed by atoms with van der Waals surface area (Å²) in [6.07, 6.45) is -0.436. The molecule has 3 rings (SSSR count). The normalized spacial score (nSPS) is 11.9. The maximum atomic E-state index is 14.9. The molecule has 0 aliphatic heterocycles. The van der Waals surface area contributed by atoms with Crippen molar-refractivity contribution in [1.29, 1.82) is 0 Å². The Morgan fingerprint density at radius 1 is 0.436 bits per heavy atom. The van der Waals surface area contributed by atoms with Gasteiger partial charge in [-0.15, -0.1) is 0 Å². The summed E-state index contributed by atoms with van der Waals surface area (Å²) < 4.78 is 214. The van der Waals surface area contributed by atoms with Gasteiger partial charge in [-0.05, 0) is 6.42 Å². The van der Waals surface area contributed by atoms with Crippen LogP contribution in [0.1, 0.15) is 25.3 Å². The van der Waals surface area contributed by atoms with Gasteiger partial charge in [-0.3, -0.25) is 0 Å². The lowest BCUT2D eigenvalue weighted by atomic mass is 9.34. The Morgan fingerprint density at radius 2 is 0.692 bits per heavy atom. The predicted octanol–water partition coefficient (Wildman–Crippen LogP) is 6.81. The molecule has 0 fully saturated rings. The molecule has 0 radical (unpaired) electrons. The van der Waals surface area contributed by atoms with Crippen molar-refractivity contribution in [2.75, 3.05) is 0 Å². The lowest BCUT2D eigenvalue weighted by Gasteiger charge is -2.23. The molecule has 0 aliphatic rings. The van der Waals surface area contributed by atoms with Crippen molar-refractivity contribution in [3.63, 3.8) is 0 Å². The Labute approximate surface area is 208 Å². The summed E-state index contributed by atoms with van der Waals surface area (Å²) in [7, 11) is 0. The number of rotatable bonds is 6. The number of allylic oxidation sites excluding steroid dienone is 1. The van der Waals surface area contributed by atoms with Crippen LogP contribution in [0.25, 0.3) is 5.47 Å². The number of hydrogen-bond acceptors (Lipinski definition) is 0. The van der Waals surface area contributed by atoms with Gasteiger partial charge in [-0.1, -0.05) is 24.9 Å². The lowest BCUT2D eigenvalue weighted by molar-refractivity contribution is 0.376. The third-order valence-corrected chi connectivity index (χ3v) is 5.53. The van der Waals surface area contributed by atoms with E-state index in [9.17, 15) is 65.9 Å². The van der Waals surface area contributed by atoms with Gasteiger partial charge < -0.3 is 0 Å². The average molecular weight is 580 g/mol. The SMILES string of the molecule is CCC/C=C(\B(c1c(F)c(F)c(F)c(F)c1F)c1c(F)c(F)c(F)c(F)c1F)c1c(F)c(F)c(F)c(F)c1F. The van der Waals surface area contributed by atoms with E-state index in [1.165, 1.54) is 6.92 Å². The van der Waals surface area contributed by atoms with E-state index in [2.05, 4.69) is 0 Å². The van der Waals surface area contributed by atoms with Crippen LogP contribution in [-0.4, -0.2) is 6.71 Å². The highest BCUT2D eigenvalue weighted by atomic mass is 19.2. The van der Waals surface area contributed by atoms with Gasteiger partial charge in [0, 0.05) is 16.5 Å². The van der Waals surface area contributed by atoms with Crippen LogP contribution >= 0.6 is 0 Å². The first kappa shape index (κ1) is 30.0. The van der Waals surface area contributed by atoms with Crippen LogP contribution in [0.5, 0.6) is 0 Å². The number of hydrogen-bond donors (Lipinski definition) is 0. The van der Waals surface area contributed by atoms with E-state index in [4.69, 9.17) is 0 Å². The summed E-state index contributed by atoms with van der Waals surface area (Å²) in [4.78, 5) is 0. The fraction of sp³-hybridized carbons (Fsp3) is 0.130. The van der Waals surface area contributed by atoms with Crippen molar-refractivity contribution in [3.8, 4) is 0 Å². The molecule has 0 unspecified atom stereocenters. The Morgan fingerprint density at radius 3 is 0.974 bits per heavy atom. The molecule has 16 heteroatoms. The Kier molecular flexibility index (Phi) is 8.36. The first-order valence-electron chi connectivity index (χ1n) is 10.4. The minimum Gasteiger partial charge on any atom is -0.204 e. The molecule has 0 bridgehead atoms. The summed E-state index contributed by atoms with van der Waals surface area (Å²) in [5.74, 6) is -42.8. The van der Waals surface area contributed by atoms with Crippen LogP contribution in [0, 0.1) is 87.3 Å². The Bertz CT molecular complexity index is 1370. The third kappa shape index (κ3) is 4.63. The van der Waals surface area contributed by atoms with Crippen LogP contribution in [0.15, 0.2) is 6.08 Å². The molecule has 0 nitrogen and oxygen atoms in total. The van der Waals surface area contributed by atoms with Crippen LogP contribution in [0.2, 0.25) is 0 Å². The fourth-order valence-electron chi connectivity index (χ4n) is 3.73. The quantitative estimate of drug-likeness (QED) is 0.130. The maximum Gasteiger partial charge on any atom is 0.257 e. The third-order valence-electron chi connectivity index (χ3n) is 5.53. The van der Waals surface area contributed by atoms with Gasteiger partial charge in [0.2, 0.25) is 5.82 Å². The van der Waals surface area contributed by atoms with E-state index >= 15 is 0 Å². The zero-order valence-corrected chi connectivity index (χ0v) is 18.7. The number of halogens is 15. The summed E-state index contributed by atoms with van der Waals surface area (Å²) >= 11 is 0. The minimum absolute atomic E-state index is 0.153. The standard InChI is InChI=1S/C23H8BF15/c1-2-3-4-5(6-9(25)15(31)21(37)16(32)10(6)26)24(7-11(27)17(33)22(38)18(34)12(7)28)8-13(29)19(35)23(39)20(36)14(8)30/h4H,2-3H2,1H3/b5-4-. The Balaban J connectivity index is 2.69. The highest BCUT2D eigenvalue weighted by Crippen LogP contribution is 2.33. The molecule has 3 aromatic carbocycles. The van der Waals surface area contributed by atoms with Crippen molar-refractivity contribution in [1.82, 2.24) is 0 Å². The molecule has 0 aliphatic carbocycles. The number of unbranched alkanes of at least 4 members (excludes halogenated alkanes) is 1.